The normalized spacial score (nSPS) is 10.5. The molecule has 3 heteroatoms. The van der Waals surface area contributed by atoms with E-state index >= 15 is 0 Å². The fourth-order valence-electron chi connectivity index (χ4n) is 1.44. The first-order chi connectivity index (χ1) is 7.00. The minimum absolute atomic E-state index is 0.280. The lowest BCUT2D eigenvalue weighted by molar-refractivity contribution is 0.468. The fraction of sp³-hybridized carbons (Fsp3) is 0.417. The Morgan fingerprint density at radius 2 is 2.13 bits per heavy atom. The lowest BCUT2D eigenvalue weighted by Gasteiger charge is -2.22. The summed E-state index contributed by atoms with van der Waals surface area (Å²) in [5.41, 5.74) is 1.22. The smallest absolute Gasteiger partial charge is 0.0984 e. The van der Waals surface area contributed by atoms with E-state index in [1.54, 1.807) is 0 Å². The van der Waals surface area contributed by atoms with Crippen molar-refractivity contribution in [1.29, 1.82) is 5.41 Å². The van der Waals surface area contributed by atoms with Crippen LogP contribution in [0.5, 0.6) is 0 Å². The lowest BCUT2D eigenvalue weighted by atomic mass is 10.1. The molecule has 0 aromatic heterocycles. The van der Waals surface area contributed by atoms with Crippen LogP contribution in [0, 0.1) is 11.3 Å². The zero-order valence-electron chi connectivity index (χ0n) is 9.42. The summed E-state index contributed by atoms with van der Waals surface area (Å²) in [6, 6.07) is 8.20. The van der Waals surface area contributed by atoms with E-state index in [0.717, 1.165) is 11.0 Å². The summed E-state index contributed by atoms with van der Waals surface area (Å²) in [6.07, 6.45) is 0. The molecule has 0 saturated carbocycles. The van der Waals surface area contributed by atoms with Gasteiger partial charge >= 0.3 is 0 Å². The van der Waals surface area contributed by atoms with Gasteiger partial charge in [-0.2, -0.15) is 0 Å². The van der Waals surface area contributed by atoms with Gasteiger partial charge in [-0.1, -0.05) is 41.9 Å². The molecule has 1 aromatic carbocycles. The van der Waals surface area contributed by atoms with Crippen molar-refractivity contribution in [1.82, 2.24) is 4.90 Å². The van der Waals surface area contributed by atoms with Gasteiger partial charge in [0.2, 0.25) is 0 Å². The zero-order valence-corrected chi connectivity index (χ0v) is 11.0. The summed E-state index contributed by atoms with van der Waals surface area (Å²) in [5, 5.41) is 7.87. The summed E-state index contributed by atoms with van der Waals surface area (Å²) < 4.78 is 1.09. The van der Waals surface area contributed by atoms with Crippen molar-refractivity contribution in [3.63, 3.8) is 0 Å². The highest BCUT2D eigenvalue weighted by Gasteiger charge is 2.08. The predicted molar refractivity (Wildman–Crippen MR) is 68.2 cm³/mol. The molecular formula is C12H17BrN2. The van der Waals surface area contributed by atoms with Gasteiger partial charge in [0.05, 0.1) is 5.84 Å². The molecule has 1 N–H and O–H groups in total. The van der Waals surface area contributed by atoms with Gasteiger partial charge in [-0.15, -0.1) is 0 Å². The van der Waals surface area contributed by atoms with Gasteiger partial charge in [0.25, 0.3) is 0 Å². The van der Waals surface area contributed by atoms with Gasteiger partial charge in [0, 0.05) is 24.0 Å². The van der Waals surface area contributed by atoms with Gasteiger partial charge in [-0.3, -0.25) is 5.41 Å². The van der Waals surface area contributed by atoms with Crippen LogP contribution in [-0.4, -0.2) is 17.8 Å². The molecule has 0 atom stereocenters. The topological polar surface area (TPSA) is 27.1 Å². The maximum absolute atomic E-state index is 7.87. The Labute approximate surface area is 99.9 Å². The standard InChI is InChI=1S/C12H17BrN2/c1-9(2)12(14)15(3)8-10-5-4-6-11(13)7-10/h4-7,9,14H,8H2,1-3H3. The summed E-state index contributed by atoms with van der Waals surface area (Å²) in [5.74, 6) is 0.956. The van der Waals surface area contributed by atoms with Crippen LogP contribution in [0.2, 0.25) is 0 Å². The Morgan fingerprint density at radius 1 is 1.47 bits per heavy atom. The SMILES string of the molecule is CC(C)C(=N)N(C)Cc1cccc(Br)c1. The van der Waals surface area contributed by atoms with E-state index in [-0.39, 0.29) is 5.92 Å². The monoisotopic (exact) mass is 268 g/mol. The molecule has 82 valence electrons. The molecule has 0 radical (unpaired) electrons. The zero-order chi connectivity index (χ0) is 11.4. The molecule has 0 aliphatic heterocycles. The van der Waals surface area contributed by atoms with E-state index in [1.165, 1.54) is 5.56 Å². The Hall–Kier alpha value is -0.830. The van der Waals surface area contributed by atoms with Crippen LogP contribution in [0.3, 0.4) is 0 Å². The van der Waals surface area contributed by atoms with Crippen LogP contribution in [0.4, 0.5) is 0 Å². The second kappa shape index (κ2) is 5.31. The first-order valence-electron chi connectivity index (χ1n) is 5.04. The molecular weight excluding hydrogens is 252 g/mol. The number of nitrogens with one attached hydrogen (secondary N) is 1. The minimum atomic E-state index is 0.280. The number of amidine groups is 1. The van der Waals surface area contributed by atoms with Gasteiger partial charge in [0.15, 0.2) is 0 Å². The van der Waals surface area contributed by atoms with Crippen LogP contribution in [0.1, 0.15) is 19.4 Å². The average Bonchev–Trinajstić information content (AvgIpc) is 2.16. The quantitative estimate of drug-likeness (QED) is 0.659. The largest absolute Gasteiger partial charge is 0.359 e. The van der Waals surface area contributed by atoms with E-state index in [0.29, 0.717) is 5.84 Å². The fourth-order valence-corrected chi connectivity index (χ4v) is 1.88. The molecule has 2 nitrogen and oxygen atoms in total. The third-order valence-corrected chi connectivity index (χ3v) is 2.76. The molecule has 0 bridgehead atoms. The number of hydrogen-bond donors (Lipinski definition) is 1. The minimum Gasteiger partial charge on any atom is -0.359 e. The Kier molecular flexibility index (Phi) is 4.33. The first kappa shape index (κ1) is 12.2. The maximum atomic E-state index is 7.87. The highest BCUT2D eigenvalue weighted by atomic mass is 79.9. The van der Waals surface area contributed by atoms with Crippen molar-refractivity contribution in [2.75, 3.05) is 7.05 Å². The van der Waals surface area contributed by atoms with E-state index in [9.17, 15) is 0 Å². The van der Waals surface area contributed by atoms with Crippen molar-refractivity contribution in [3.8, 4) is 0 Å². The van der Waals surface area contributed by atoms with E-state index < -0.39 is 0 Å². The first-order valence-corrected chi connectivity index (χ1v) is 5.84. The van der Waals surface area contributed by atoms with Crippen molar-refractivity contribution in [3.05, 3.63) is 34.3 Å². The third-order valence-electron chi connectivity index (χ3n) is 2.27. The number of halogens is 1. The van der Waals surface area contributed by atoms with Crippen molar-refractivity contribution in [2.45, 2.75) is 20.4 Å². The predicted octanol–water partition coefficient (Wildman–Crippen LogP) is 3.51. The molecule has 15 heavy (non-hydrogen) atoms. The summed E-state index contributed by atoms with van der Waals surface area (Å²) >= 11 is 3.45. The van der Waals surface area contributed by atoms with Gasteiger partial charge in [-0.05, 0) is 17.7 Å². The average molecular weight is 269 g/mol. The van der Waals surface area contributed by atoms with Crippen LogP contribution in [0.25, 0.3) is 0 Å². The van der Waals surface area contributed by atoms with Gasteiger partial charge in [-0.25, -0.2) is 0 Å². The highest BCUT2D eigenvalue weighted by Crippen LogP contribution is 2.13. The van der Waals surface area contributed by atoms with E-state index in [2.05, 4.69) is 28.1 Å². The van der Waals surface area contributed by atoms with Crippen LogP contribution in [0.15, 0.2) is 28.7 Å². The van der Waals surface area contributed by atoms with E-state index in [4.69, 9.17) is 5.41 Å². The van der Waals surface area contributed by atoms with Crippen molar-refractivity contribution in [2.24, 2.45) is 5.92 Å². The second-order valence-corrected chi connectivity index (χ2v) is 4.94. The third kappa shape index (κ3) is 3.67. The molecule has 0 heterocycles. The van der Waals surface area contributed by atoms with Gasteiger partial charge < -0.3 is 4.90 Å². The molecule has 0 fully saturated rings. The summed E-state index contributed by atoms with van der Waals surface area (Å²) in [4.78, 5) is 1.98. The molecule has 0 saturated heterocycles. The Balaban J connectivity index is 2.66. The number of benzene rings is 1. The Bertz CT molecular complexity index is 347. The van der Waals surface area contributed by atoms with Crippen LogP contribution in [-0.2, 0) is 6.54 Å². The van der Waals surface area contributed by atoms with Gasteiger partial charge in [0.1, 0.15) is 0 Å². The lowest BCUT2D eigenvalue weighted by Crippen LogP contribution is -2.29. The highest BCUT2D eigenvalue weighted by molar-refractivity contribution is 9.10. The van der Waals surface area contributed by atoms with Crippen LogP contribution < -0.4 is 0 Å². The molecule has 0 amide bonds. The van der Waals surface area contributed by atoms with Crippen molar-refractivity contribution < 1.29 is 0 Å². The number of hydrogen-bond acceptors (Lipinski definition) is 1. The molecule has 1 aromatic rings. The second-order valence-electron chi connectivity index (χ2n) is 4.03. The molecule has 0 spiro atoms. The number of rotatable bonds is 3. The van der Waals surface area contributed by atoms with E-state index in [1.807, 2.05) is 37.9 Å². The Morgan fingerprint density at radius 3 is 2.67 bits per heavy atom. The number of nitrogens with zero attached hydrogens (tertiary/aromatic N) is 1. The molecule has 0 aliphatic carbocycles. The molecule has 0 unspecified atom stereocenters. The summed E-state index contributed by atoms with van der Waals surface area (Å²) in [6.45, 7) is 4.87. The maximum Gasteiger partial charge on any atom is 0.0984 e. The summed E-state index contributed by atoms with van der Waals surface area (Å²) in [7, 11) is 1.96. The van der Waals surface area contributed by atoms with Crippen LogP contribution >= 0.6 is 15.9 Å². The molecule has 0 aliphatic rings. The molecule has 1 rings (SSSR count). The van der Waals surface area contributed by atoms with Crippen molar-refractivity contribution >= 4 is 21.8 Å².